The monoisotopic (exact) mass is 544 g/mol. The van der Waals surface area contributed by atoms with Crippen LogP contribution in [0.4, 0.5) is 28.9 Å². The first-order valence-electron chi connectivity index (χ1n) is 12.2. The second kappa shape index (κ2) is 10.6. The molecule has 3 atom stereocenters. The van der Waals surface area contributed by atoms with Gasteiger partial charge in [0, 0.05) is 30.0 Å². The van der Waals surface area contributed by atoms with E-state index in [0.717, 1.165) is 12.5 Å². The number of benzene rings is 2. The van der Waals surface area contributed by atoms with E-state index in [0.29, 0.717) is 24.4 Å². The molecule has 1 aromatic heterocycles. The van der Waals surface area contributed by atoms with Crippen LogP contribution >= 0.6 is 0 Å². The minimum absolute atomic E-state index is 0.0466. The predicted octanol–water partition coefficient (Wildman–Crippen LogP) is 4.84. The zero-order valence-corrected chi connectivity index (χ0v) is 20.7. The summed E-state index contributed by atoms with van der Waals surface area (Å²) in [5.41, 5.74) is 1.03. The van der Waals surface area contributed by atoms with E-state index in [4.69, 9.17) is 4.74 Å². The molecule has 2 saturated heterocycles. The largest absolute Gasteiger partial charge is 0.573 e. The van der Waals surface area contributed by atoms with E-state index in [9.17, 15) is 27.2 Å². The molecule has 0 spiro atoms. The molecule has 2 aromatic carbocycles. The van der Waals surface area contributed by atoms with Crippen LogP contribution in [0.5, 0.6) is 5.75 Å². The fourth-order valence-corrected chi connectivity index (χ4v) is 4.76. The van der Waals surface area contributed by atoms with Crippen molar-refractivity contribution in [2.75, 3.05) is 23.8 Å². The molecule has 2 aliphatic rings. The standard InChI is InChI=1S/C27H24F4N4O4/c1-15(35-13-21-11-20(35)14-38-21)25(36)34-23-10-19(6-8-24(23)39-27(29,30)31)33-26(37)17-5-7-22(32-12-17)16-3-2-4-18(28)9-16/h2-10,12,15,20-21H,11,13-14H2,1H3,(H,33,37)(H,34,36)/t15-,20-,21-/m0/s1. The first kappa shape index (κ1) is 26.6. The van der Waals surface area contributed by atoms with E-state index in [1.807, 2.05) is 4.90 Å². The van der Waals surface area contributed by atoms with Gasteiger partial charge in [0.2, 0.25) is 5.91 Å². The maximum atomic E-state index is 13.5. The van der Waals surface area contributed by atoms with Crippen molar-refractivity contribution in [3.63, 3.8) is 0 Å². The molecule has 2 amide bonds. The number of rotatable bonds is 7. The molecule has 3 heterocycles. The smallest absolute Gasteiger partial charge is 0.404 e. The normalized spacial score (nSPS) is 19.5. The first-order valence-corrected chi connectivity index (χ1v) is 12.2. The molecule has 39 heavy (non-hydrogen) atoms. The lowest BCUT2D eigenvalue weighted by molar-refractivity contribution is -0.274. The number of hydrogen-bond acceptors (Lipinski definition) is 6. The molecule has 5 rings (SSSR count). The van der Waals surface area contributed by atoms with Crippen LogP contribution in [0.2, 0.25) is 0 Å². The summed E-state index contributed by atoms with van der Waals surface area (Å²) in [7, 11) is 0. The molecule has 2 N–H and O–H groups in total. The predicted molar refractivity (Wildman–Crippen MR) is 134 cm³/mol. The Kier molecular flexibility index (Phi) is 7.23. The van der Waals surface area contributed by atoms with Gasteiger partial charge in [0.25, 0.3) is 5.91 Å². The van der Waals surface area contributed by atoms with Crippen LogP contribution in [-0.2, 0) is 9.53 Å². The van der Waals surface area contributed by atoms with Gasteiger partial charge in [-0.05, 0) is 55.8 Å². The Balaban J connectivity index is 1.31. The number of pyridine rings is 1. The van der Waals surface area contributed by atoms with E-state index >= 15 is 0 Å². The summed E-state index contributed by atoms with van der Waals surface area (Å²) >= 11 is 0. The van der Waals surface area contributed by atoms with Crippen molar-refractivity contribution in [3.8, 4) is 17.0 Å². The van der Waals surface area contributed by atoms with Gasteiger partial charge in [-0.15, -0.1) is 13.2 Å². The van der Waals surface area contributed by atoms with Gasteiger partial charge < -0.3 is 20.1 Å². The molecular formula is C27H24F4N4O4. The average molecular weight is 545 g/mol. The highest BCUT2D eigenvalue weighted by atomic mass is 19.4. The Labute approximate surface area is 220 Å². The number of morpholine rings is 1. The van der Waals surface area contributed by atoms with Gasteiger partial charge in [0.1, 0.15) is 5.82 Å². The average Bonchev–Trinajstić information content (AvgIpc) is 3.53. The van der Waals surface area contributed by atoms with Crippen LogP contribution in [0.25, 0.3) is 11.3 Å². The van der Waals surface area contributed by atoms with Crippen molar-refractivity contribution in [2.45, 2.75) is 37.9 Å². The Hall–Kier alpha value is -4.03. The molecule has 2 fully saturated rings. The van der Waals surface area contributed by atoms with Crippen molar-refractivity contribution >= 4 is 23.2 Å². The summed E-state index contributed by atoms with van der Waals surface area (Å²) in [6, 6.07) is 11.8. The van der Waals surface area contributed by atoms with Crippen molar-refractivity contribution in [2.24, 2.45) is 0 Å². The van der Waals surface area contributed by atoms with Crippen LogP contribution < -0.4 is 15.4 Å². The maximum absolute atomic E-state index is 13.5. The molecule has 0 saturated carbocycles. The van der Waals surface area contributed by atoms with Crippen LogP contribution in [0.1, 0.15) is 23.7 Å². The Morgan fingerprint density at radius 2 is 1.95 bits per heavy atom. The number of nitrogens with zero attached hydrogens (tertiary/aromatic N) is 2. The fourth-order valence-electron chi connectivity index (χ4n) is 4.76. The second-order valence-corrected chi connectivity index (χ2v) is 9.36. The molecule has 2 aliphatic heterocycles. The number of carbonyl (C=O) groups is 2. The van der Waals surface area contributed by atoms with E-state index in [-0.39, 0.29) is 29.1 Å². The van der Waals surface area contributed by atoms with E-state index in [2.05, 4.69) is 20.4 Å². The summed E-state index contributed by atoms with van der Waals surface area (Å²) in [6.07, 6.45) is -2.84. The number of ether oxygens (including phenoxy) is 2. The number of amides is 2. The molecule has 0 unspecified atom stereocenters. The van der Waals surface area contributed by atoms with Gasteiger partial charge in [0.05, 0.1) is 35.7 Å². The molecule has 12 heteroatoms. The highest BCUT2D eigenvalue weighted by molar-refractivity contribution is 6.05. The zero-order valence-electron chi connectivity index (χ0n) is 20.7. The third kappa shape index (κ3) is 6.18. The summed E-state index contributed by atoms with van der Waals surface area (Å²) in [5, 5.41) is 5.09. The number of nitrogens with one attached hydrogen (secondary N) is 2. The van der Waals surface area contributed by atoms with Crippen molar-refractivity contribution < 1.29 is 36.6 Å². The topological polar surface area (TPSA) is 92.8 Å². The number of fused-ring (bicyclic) bond motifs is 2. The summed E-state index contributed by atoms with van der Waals surface area (Å²) < 4.78 is 62.2. The lowest BCUT2D eigenvalue weighted by Crippen LogP contribution is -2.48. The summed E-state index contributed by atoms with van der Waals surface area (Å²) in [5.74, 6) is -2.15. The Morgan fingerprint density at radius 1 is 1.13 bits per heavy atom. The lowest BCUT2D eigenvalue weighted by Gasteiger charge is -2.31. The minimum Gasteiger partial charge on any atom is -0.404 e. The van der Waals surface area contributed by atoms with Crippen LogP contribution in [-0.4, -0.2) is 59.4 Å². The highest BCUT2D eigenvalue weighted by Crippen LogP contribution is 2.34. The molecule has 204 valence electrons. The number of aromatic nitrogens is 1. The Bertz CT molecular complexity index is 1380. The quantitative estimate of drug-likeness (QED) is 0.414. The van der Waals surface area contributed by atoms with Crippen LogP contribution in [0.3, 0.4) is 0 Å². The number of anilines is 2. The number of likely N-dealkylation sites (tertiary alicyclic amines) is 1. The SMILES string of the molecule is C[C@@H](C(=O)Nc1cc(NC(=O)c2ccc(-c3cccc(F)c3)nc2)ccc1OC(F)(F)F)N1C[C@@H]2C[C@H]1CO2. The van der Waals surface area contributed by atoms with E-state index in [1.165, 1.54) is 36.5 Å². The van der Waals surface area contributed by atoms with Gasteiger partial charge in [-0.25, -0.2) is 4.39 Å². The minimum atomic E-state index is -4.99. The fraction of sp³-hybridized carbons (Fsp3) is 0.296. The highest BCUT2D eigenvalue weighted by Gasteiger charge is 2.43. The molecular weight excluding hydrogens is 520 g/mol. The van der Waals surface area contributed by atoms with Crippen LogP contribution in [0, 0.1) is 5.82 Å². The lowest BCUT2D eigenvalue weighted by atomic mass is 10.1. The van der Waals surface area contributed by atoms with Gasteiger partial charge in [0.15, 0.2) is 5.75 Å². The maximum Gasteiger partial charge on any atom is 0.573 e. The Morgan fingerprint density at radius 3 is 2.59 bits per heavy atom. The summed E-state index contributed by atoms with van der Waals surface area (Å²) in [6.45, 7) is 2.74. The number of carbonyl (C=O) groups excluding carboxylic acids is 2. The van der Waals surface area contributed by atoms with Gasteiger partial charge in [-0.3, -0.25) is 19.5 Å². The third-order valence-electron chi connectivity index (χ3n) is 6.69. The first-order chi connectivity index (χ1) is 18.6. The second-order valence-electron chi connectivity index (χ2n) is 9.36. The van der Waals surface area contributed by atoms with Crippen molar-refractivity contribution in [1.29, 1.82) is 0 Å². The van der Waals surface area contributed by atoms with Gasteiger partial charge in [-0.1, -0.05) is 12.1 Å². The van der Waals surface area contributed by atoms with E-state index in [1.54, 1.807) is 25.1 Å². The summed E-state index contributed by atoms with van der Waals surface area (Å²) in [4.78, 5) is 31.9. The van der Waals surface area contributed by atoms with Gasteiger partial charge >= 0.3 is 6.36 Å². The third-order valence-corrected chi connectivity index (χ3v) is 6.69. The van der Waals surface area contributed by atoms with Crippen molar-refractivity contribution in [1.82, 2.24) is 9.88 Å². The van der Waals surface area contributed by atoms with E-state index < -0.39 is 35.8 Å². The molecule has 3 aromatic rings. The molecule has 0 radical (unpaired) electrons. The number of hydrogen-bond donors (Lipinski definition) is 2. The molecule has 8 nitrogen and oxygen atoms in total. The molecule has 0 aliphatic carbocycles. The number of alkyl halides is 3. The van der Waals surface area contributed by atoms with Gasteiger partial charge in [-0.2, -0.15) is 0 Å². The van der Waals surface area contributed by atoms with Crippen LogP contribution in [0.15, 0.2) is 60.8 Å². The molecule has 2 bridgehead atoms. The van der Waals surface area contributed by atoms with Crippen molar-refractivity contribution in [3.05, 3.63) is 72.2 Å². The number of halogens is 4. The zero-order chi connectivity index (χ0) is 27.7.